The van der Waals surface area contributed by atoms with Crippen LogP contribution in [0.25, 0.3) is 0 Å². The molecule has 104 valence electrons. The number of aromatic carboxylic acids is 1. The second-order valence-electron chi connectivity index (χ2n) is 4.08. The first-order valence-corrected chi connectivity index (χ1v) is 5.71. The van der Waals surface area contributed by atoms with E-state index < -0.39 is 17.3 Å². The Morgan fingerprint density at radius 1 is 1.30 bits per heavy atom. The van der Waals surface area contributed by atoms with Crippen molar-refractivity contribution in [2.75, 3.05) is 5.73 Å². The summed E-state index contributed by atoms with van der Waals surface area (Å²) in [7, 11) is 0. The van der Waals surface area contributed by atoms with Gasteiger partial charge in [-0.2, -0.15) is 0 Å². The highest BCUT2D eigenvalue weighted by Crippen LogP contribution is 2.30. The van der Waals surface area contributed by atoms with E-state index in [0.29, 0.717) is 11.3 Å². The van der Waals surface area contributed by atoms with Crippen LogP contribution >= 0.6 is 0 Å². The van der Waals surface area contributed by atoms with Gasteiger partial charge >= 0.3 is 5.97 Å². The van der Waals surface area contributed by atoms with Gasteiger partial charge in [0.05, 0.1) is 17.9 Å². The van der Waals surface area contributed by atoms with Crippen molar-refractivity contribution in [1.29, 1.82) is 0 Å². The van der Waals surface area contributed by atoms with Crippen LogP contribution in [0.3, 0.4) is 0 Å². The van der Waals surface area contributed by atoms with Crippen molar-refractivity contribution in [3.05, 3.63) is 53.3 Å². The van der Waals surface area contributed by atoms with Gasteiger partial charge in [0, 0.05) is 6.07 Å². The molecule has 2 aromatic rings. The fourth-order valence-electron chi connectivity index (χ4n) is 1.66. The molecule has 2 aromatic carbocycles. The van der Waals surface area contributed by atoms with Gasteiger partial charge in [-0.3, -0.25) is 0 Å². The summed E-state index contributed by atoms with van der Waals surface area (Å²) in [4.78, 5) is 10.8. The van der Waals surface area contributed by atoms with Gasteiger partial charge in [-0.1, -0.05) is 12.1 Å². The first-order chi connectivity index (χ1) is 9.51. The standard InChI is InChI=1S/C14H12FNO4/c15-11-6-13(12(16)5-10(11)14(18)19)20-9-3-1-2-8(4-9)7-17/h1-6,17H,7,16H2,(H,18,19). The van der Waals surface area contributed by atoms with Gasteiger partial charge in [0.1, 0.15) is 11.6 Å². The lowest BCUT2D eigenvalue weighted by Gasteiger charge is -2.10. The molecule has 0 spiro atoms. The van der Waals surface area contributed by atoms with Gasteiger partial charge in [0.2, 0.25) is 0 Å². The minimum Gasteiger partial charge on any atom is -0.478 e. The number of hydrogen-bond donors (Lipinski definition) is 3. The van der Waals surface area contributed by atoms with Crippen molar-refractivity contribution in [3.63, 3.8) is 0 Å². The average molecular weight is 277 g/mol. The molecule has 0 saturated carbocycles. The summed E-state index contributed by atoms with van der Waals surface area (Å²) in [6, 6.07) is 8.47. The first kappa shape index (κ1) is 13.8. The second kappa shape index (κ2) is 5.58. The van der Waals surface area contributed by atoms with Gasteiger partial charge in [-0.05, 0) is 23.8 Å². The number of nitrogen functional groups attached to an aromatic ring is 1. The SMILES string of the molecule is Nc1cc(C(=O)O)c(F)cc1Oc1cccc(CO)c1. The number of benzene rings is 2. The molecular weight excluding hydrogens is 265 g/mol. The summed E-state index contributed by atoms with van der Waals surface area (Å²) in [5.74, 6) is -1.95. The number of carbonyl (C=O) groups is 1. The number of hydrogen-bond acceptors (Lipinski definition) is 4. The Kier molecular flexibility index (Phi) is 3.86. The lowest BCUT2D eigenvalue weighted by Crippen LogP contribution is -2.03. The quantitative estimate of drug-likeness (QED) is 0.746. The van der Waals surface area contributed by atoms with E-state index in [9.17, 15) is 9.18 Å². The Bertz CT molecular complexity index is 658. The van der Waals surface area contributed by atoms with Crippen molar-refractivity contribution in [3.8, 4) is 11.5 Å². The third-order valence-corrected chi connectivity index (χ3v) is 2.64. The summed E-state index contributed by atoms with van der Waals surface area (Å²) >= 11 is 0. The van der Waals surface area contributed by atoms with E-state index in [1.165, 1.54) is 0 Å². The maximum absolute atomic E-state index is 13.6. The van der Waals surface area contributed by atoms with E-state index in [4.69, 9.17) is 20.7 Å². The molecule has 0 amide bonds. The van der Waals surface area contributed by atoms with Crippen LogP contribution in [0.2, 0.25) is 0 Å². The highest BCUT2D eigenvalue weighted by Gasteiger charge is 2.15. The fourth-order valence-corrected chi connectivity index (χ4v) is 1.66. The number of rotatable bonds is 4. The van der Waals surface area contributed by atoms with Crippen LogP contribution in [-0.4, -0.2) is 16.2 Å². The predicted octanol–water partition coefficient (Wildman–Crippen LogP) is 2.39. The lowest BCUT2D eigenvalue weighted by molar-refractivity contribution is 0.0692. The summed E-state index contributed by atoms with van der Waals surface area (Å²) in [5.41, 5.74) is 5.77. The third-order valence-electron chi connectivity index (χ3n) is 2.64. The first-order valence-electron chi connectivity index (χ1n) is 5.71. The number of carboxylic acids is 1. The van der Waals surface area contributed by atoms with Crippen LogP contribution in [0.15, 0.2) is 36.4 Å². The van der Waals surface area contributed by atoms with E-state index in [2.05, 4.69) is 0 Å². The lowest BCUT2D eigenvalue weighted by atomic mass is 10.1. The molecule has 20 heavy (non-hydrogen) atoms. The normalized spacial score (nSPS) is 10.3. The number of nitrogens with two attached hydrogens (primary N) is 1. The van der Waals surface area contributed by atoms with Crippen LogP contribution in [0.1, 0.15) is 15.9 Å². The molecule has 0 aliphatic heterocycles. The molecule has 0 saturated heterocycles. The Morgan fingerprint density at radius 3 is 2.70 bits per heavy atom. The Hall–Kier alpha value is -2.60. The number of ether oxygens (including phenoxy) is 1. The molecule has 0 heterocycles. The van der Waals surface area contributed by atoms with Gasteiger partial charge < -0.3 is 20.7 Å². The zero-order valence-electron chi connectivity index (χ0n) is 10.3. The van der Waals surface area contributed by atoms with Crippen LogP contribution in [0, 0.1) is 5.82 Å². The largest absolute Gasteiger partial charge is 0.478 e. The second-order valence-corrected chi connectivity index (χ2v) is 4.08. The van der Waals surface area contributed by atoms with Gasteiger partial charge in [-0.25, -0.2) is 9.18 Å². The van der Waals surface area contributed by atoms with E-state index in [1.807, 2.05) is 0 Å². The number of carboxylic acid groups (broad SMARTS) is 1. The van der Waals surface area contributed by atoms with Crippen LogP contribution < -0.4 is 10.5 Å². The third kappa shape index (κ3) is 2.86. The highest BCUT2D eigenvalue weighted by atomic mass is 19.1. The highest BCUT2D eigenvalue weighted by molar-refractivity contribution is 5.89. The van der Waals surface area contributed by atoms with Crippen LogP contribution in [0.4, 0.5) is 10.1 Å². The van der Waals surface area contributed by atoms with E-state index >= 15 is 0 Å². The molecule has 0 aliphatic rings. The molecule has 4 N–H and O–H groups in total. The Balaban J connectivity index is 2.34. The Morgan fingerprint density at radius 2 is 2.05 bits per heavy atom. The minimum absolute atomic E-state index is 0.0122. The topological polar surface area (TPSA) is 92.8 Å². The van der Waals surface area contributed by atoms with Gasteiger partial charge in [0.25, 0.3) is 0 Å². The molecule has 0 aromatic heterocycles. The molecule has 0 aliphatic carbocycles. The van der Waals surface area contributed by atoms with Crippen molar-refractivity contribution in [2.24, 2.45) is 0 Å². The zero-order valence-corrected chi connectivity index (χ0v) is 10.3. The summed E-state index contributed by atoms with van der Waals surface area (Å²) in [5, 5.41) is 17.8. The smallest absolute Gasteiger partial charge is 0.338 e. The fraction of sp³-hybridized carbons (Fsp3) is 0.0714. The minimum atomic E-state index is -1.40. The molecule has 0 unspecified atom stereocenters. The summed E-state index contributed by atoms with van der Waals surface area (Å²) in [6.07, 6.45) is 0. The van der Waals surface area contributed by atoms with Gasteiger partial charge in [0.15, 0.2) is 5.75 Å². The number of aliphatic hydroxyl groups is 1. The number of anilines is 1. The average Bonchev–Trinajstić information content (AvgIpc) is 2.42. The van der Waals surface area contributed by atoms with Crippen molar-refractivity contribution < 1.29 is 24.1 Å². The summed E-state index contributed by atoms with van der Waals surface area (Å²) in [6.45, 7) is -0.154. The Labute approximate surface area is 114 Å². The molecule has 0 fully saturated rings. The van der Waals surface area contributed by atoms with Crippen molar-refractivity contribution in [2.45, 2.75) is 6.61 Å². The molecule has 5 nitrogen and oxygen atoms in total. The molecular formula is C14H12FNO4. The molecule has 0 radical (unpaired) electrons. The predicted molar refractivity (Wildman–Crippen MR) is 70.2 cm³/mol. The molecule has 0 atom stereocenters. The van der Waals surface area contributed by atoms with Crippen molar-refractivity contribution >= 4 is 11.7 Å². The maximum atomic E-state index is 13.6. The van der Waals surface area contributed by atoms with Crippen LogP contribution in [0.5, 0.6) is 11.5 Å². The van der Waals surface area contributed by atoms with E-state index in [1.54, 1.807) is 24.3 Å². The maximum Gasteiger partial charge on any atom is 0.338 e. The zero-order chi connectivity index (χ0) is 14.7. The van der Waals surface area contributed by atoms with E-state index in [0.717, 1.165) is 12.1 Å². The number of halogens is 1. The van der Waals surface area contributed by atoms with E-state index in [-0.39, 0.29) is 18.0 Å². The van der Waals surface area contributed by atoms with Crippen molar-refractivity contribution in [1.82, 2.24) is 0 Å². The molecule has 2 rings (SSSR count). The number of aliphatic hydroxyl groups excluding tert-OH is 1. The van der Waals surface area contributed by atoms with Gasteiger partial charge in [-0.15, -0.1) is 0 Å². The monoisotopic (exact) mass is 277 g/mol. The molecule has 6 heteroatoms. The van der Waals surface area contributed by atoms with Crippen LogP contribution in [-0.2, 0) is 6.61 Å². The molecule has 0 bridgehead atoms. The summed E-state index contributed by atoms with van der Waals surface area (Å²) < 4.78 is 19.0.